The van der Waals surface area contributed by atoms with E-state index in [1.165, 1.54) is 38.4 Å². The Kier molecular flexibility index (Phi) is 4.20. The van der Waals surface area contributed by atoms with Crippen molar-refractivity contribution in [2.24, 2.45) is 5.92 Å². The molecule has 0 bridgehead atoms. The molecule has 1 fully saturated rings. The van der Waals surface area contributed by atoms with Crippen LogP contribution >= 0.6 is 15.9 Å². The summed E-state index contributed by atoms with van der Waals surface area (Å²) in [5.74, 6) is 2.06. The van der Waals surface area contributed by atoms with Gasteiger partial charge in [-0.05, 0) is 34.7 Å². The Morgan fingerprint density at radius 2 is 2.18 bits per heavy atom. The molecule has 1 aliphatic carbocycles. The highest BCUT2D eigenvalue weighted by Crippen LogP contribution is 2.31. The van der Waals surface area contributed by atoms with Crippen LogP contribution in [-0.2, 0) is 0 Å². The zero-order valence-electron chi connectivity index (χ0n) is 10.1. The molecule has 17 heavy (non-hydrogen) atoms. The van der Waals surface area contributed by atoms with E-state index in [1.54, 1.807) is 0 Å². The van der Waals surface area contributed by atoms with Crippen LogP contribution in [0.5, 0.6) is 0 Å². The second kappa shape index (κ2) is 5.67. The summed E-state index contributed by atoms with van der Waals surface area (Å²) in [5, 5.41) is 3.51. The quantitative estimate of drug-likeness (QED) is 0.899. The lowest BCUT2D eigenvalue weighted by molar-refractivity contribution is 0.316. The number of hydrogen-bond acceptors (Lipinski definition) is 4. The van der Waals surface area contributed by atoms with Crippen molar-refractivity contribution in [3.63, 3.8) is 0 Å². The number of hydrogen-bond donors (Lipinski definition) is 2. The third-order valence-corrected chi connectivity index (χ3v) is 4.35. The molecule has 0 radical (unpaired) electrons. The molecule has 94 valence electrons. The van der Waals surface area contributed by atoms with Gasteiger partial charge in [-0.1, -0.05) is 26.2 Å². The Balaban J connectivity index is 2.11. The highest BCUT2D eigenvalue weighted by atomic mass is 79.9. The molecule has 3 N–H and O–H groups in total. The SMILES string of the molecule is CCC1CCCCC1Nc1ncnc(N)c1Br. The fourth-order valence-electron chi connectivity index (χ4n) is 2.55. The second-order valence-corrected chi connectivity index (χ2v) is 5.42. The molecule has 0 aliphatic heterocycles. The van der Waals surface area contributed by atoms with Gasteiger partial charge in [-0.15, -0.1) is 0 Å². The third-order valence-electron chi connectivity index (χ3n) is 3.57. The predicted octanol–water partition coefficient (Wildman–Crippen LogP) is 3.20. The summed E-state index contributed by atoms with van der Waals surface area (Å²) in [6, 6.07) is 0.513. The monoisotopic (exact) mass is 298 g/mol. The Hall–Kier alpha value is -0.840. The summed E-state index contributed by atoms with van der Waals surface area (Å²) >= 11 is 3.44. The standard InChI is InChI=1S/C12H19BrN4/c1-2-8-5-3-4-6-9(8)17-12-10(13)11(14)15-7-16-12/h7-9H,2-6H2,1H3,(H3,14,15,16,17). The molecule has 1 aromatic heterocycles. The minimum absolute atomic E-state index is 0.492. The Morgan fingerprint density at radius 3 is 2.94 bits per heavy atom. The highest BCUT2D eigenvalue weighted by Gasteiger charge is 2.24. The molecular weight excluding hydrogens is 280 g/mol. The van der Waals surface area contributed by atoms with Crippen molar-refractivity contribution in [2.75, 3.05) is 11.1 Å². The first-order valence-corrected chi connectivity index (χ1v) is 7.04. The molecule has 2 atom stereocenters. The van der Waals surface area contributed by atoms with Gasteiger partial charge < -0.3 is 11.1 Å². The summed E-state index contributed by atoms with van der Waals surface area (Å²) in [6.45, 7) is 2.26. The van der Waals surface area contributed by atoms with Crippen LogP contribution in [0.2, 0.25) is 0 Å². The van der Waals surface area contributed by atoms with Crippen molar-refractivity contribution in [1.29, 1.82) is 0 Å². The maximum Gasteiger partial charge on any atom is 0.146 e. The van der Waals surface area contributed by atoms with Crippen LogP contribution in [0.25, 0.3) is 0 Å². The molecule has 0 saturated heterocycles. The topological polar surface area (TPSA) is 63.8 Å². The van der Waals surface area contributed by atoms with Crippen molar-refractivity contribution >= 4 is 27.6 Å². The second-order valence-electron chi connectivity index (χ2n) is 4.63. The lowest BCUT2D eigenvalue weighted by Gasteiger charge is -2.32. The van der Waals surface area contributed by atoms with Gasteiger partial charge >= 0.3 is 0 Å². The molecule has 1 saturated carbocycles. The minimum atomic E-state index is 0.492. The molecule has 5 heteroatoms. The fourth-order valence-corrected chi connectivity index (χ4v) is 2.87. The van der Waals surface area contributed by atoms with E-state index in [0.29, 0.717) is 11.9 Å². The van der Waals surface area contributed by atoms with E-state index in [-0.39, 0.29) is 0 Å². The number of nitrogens with one attached hydrogen (secondary N) is 1. The average Bonchev–Trinajstić information content (AvgIpc) is 2.35. The molecule has 2 rings (SSSR count). The normalized spacial score (nSPS) is 24.6. The van der Waals surface area contributed by atoms with Crippen LogP contribution in [0.15, 0.2) is 10.8 Å². The number of rotatable bonds is 3. The summed E-state index contributed by atoms with van der Waals surface area (Å²) in [5.41, 5.74) is 5.75. The van der Waals surface area contributed by atoms with E-state index in [1.807, 2.05) is 0 Å². The fraction of sp³-hybridized carbons (Fsp3) is 0.667. The Labute approximate surface area is 111 Å². The number of anilines is 2. The molecule has 1 heterocycles. The van der Waals surface area contributed by atoms with Crippen LogP contribution in [0.3, 0.4) is 0 Å². The molecular formula is C12H19BrN4. The van der Waals surface area contributed by atoms with E-state index in [0.717, 1.165) is 16.2 Å². The van der Waals surface area contributed by atoms with Crippen LogP contribution in [-0.4, -0.2) is 16.0 Å². The predicted molar refractivity (Wildman–Crippen MR) is 73.8 cm³/mol. The first-order valence-electron chi connectivity index (χ1n) is 6.25. The van der Waals surface area contributed by atoms with Gasteiger partial charge in [0.05, 0.1) is 0 Å². The highest BCUT2D eigenvalue weighted by molar-refractivity contribution is 9.10. The lowest BCUT2D eigenvalue weighted by atomic mass is 9.83. The van der Waals surface area contributed by atoms with Gasteiger partial charge in [0, 0.05) is 6.04 Å². The minimum Gasteiger partial charge on any atom is -0.383 e. The van der Waals surface area contributed by atoms with E-state index >= 15 is 0 Å². The molecule has 1 aliphatic rings. The zero-order chi connectivity index (χ0) is 12.3. The van der Waals surface area contributed by atoms with Gasteiger partial charge in [-0.3, -0.25) is 0 Å². The number of nitrogen functional groups attached to an aromatic ring is 1. The molecule has 0 amide bonds. The molecule has 0 spiro atoms. The van der Waals surface area contributed by atoms with E-state index < -0.39 is 0 Å². The first-order chi connectivity index (χ1) is 8.22. The van der Waals surface area contributed by atoms with Crippen molar-refractivity contribution in [1.82, 2.24) is 9.97 Å². The van der Waals surface area contributed by atoms with E-state index in [4.69, 9.17) is 5.73 Å². The summed E-state index contributed by atoms with van der Waals surface area (Å²) in [4.78, 5) is 8.20. The molecule has 1 aromatic rings. The number of nitrogens with two attached hydrogens (primary N) is 1. The number of nitrogens with zero attached hydrogens (tertiary/aromatic N) is 2. The van der Waals surface area contributed by atoms with Gasteiger partial charge in [-0.25, -0.2) is 9.97 Å². The van der Waals surface area contributed by atoms with Crippen molar-refractivity contribution in [2.45, 2.75) is 45.1 Å². The molecule has 2 unspecified atom stereocenters. The maximum absolute atomic E-state index is 5.75. The van der Waals surface area contributed by atoms with E-state index in [2.05, 4.69) is 38.1 Å². The van der Waals surface area contributed by atoms with Gasteiger partial charge in [0.1, 0.15) is 22.4 Å². The Bertz CT molecular complexity index is 383. The van der Waals surface area contributed by atoms with Gasteiger partial charge in [0.15, 0.2) is 0 Å². The van der Waals surface area contributed by atoms with Crippen molar-refractivity contribution < 1.29 is 0 Å². The summed E-state index contributed by atoms with van der Waals surface area (Å²) in [6.07, 6.45) is 7.90. The van der Waals surface area contributed by atoms with Crippen LogP contribution in [0, 0.1) is 5.92 Å². The lowest BCUT2D eigenvalue weighted by Crippen LogP contribution is -2.32. The zero-order valence-corrected chi connectivity index (χ0v) is 11.7. The Morgan fingerprint density at radius 1 is 1.41 bits per heavy atom. The van der Waals surface area contributed by atoms with Gasteiger partial charge in [0.25, 0.3) is 0 Å². The average molecular weight is 299 g/mol. The van der Waals surface area contributed by atoms with Gasteiger partial charge in [0.2, 0.25) is 0 Å². The summed E-state index contributed by atoms with van der Waals surface area (Å²) in [7, 11) is 0. The largest absolute Gasteiger partial charge is 0.383 e. The summed E-state index contributed by atoms with van der Waals surface area (Å²) < 4.78 is 0.778. The number of aromatic nitrogens is 2. The molecule has 4 nitrogen and oxygen atoms in total. The van der Waals surface area contributed by atoms with Crippen LogP contribution in [0.4, 0.5) is 11.6 Å². The van der Waals surface area contributed by atoms with Crippen molar-refractivity contribution in [3.05, 3.63) is 10.8 Å². The number of halogens is 1. The smallest absolute Gasteiger partial charge is 0.146 e. The third kappa shape index (κ3) is 2.89. The molecule has 0 aromatic carbocycles. The van der Waals surface area contributed by atoms with Crippen LogP contribution < -0.4 is 11.1 Å². The van der Waals surface area contributed by atoms with E-state index in [9.17, 15) is 0 Å². The van der Waals surface area contributed by atoms with Gasteiger partial charge in [-0.2, -0.15) is 0 Å². The van der Waals surface area contributed by atoms with Crippen molar-refractivity contribution in [3.8, 4) is 0 Å². The maximum atomic E-state index is 5.75. The first kappa shape index (κ1) is 12.6. The van der Waals surface area contributed by atoms with Crippen LogP contribution in [0.1, 0.15) is 39.0 Å².